The van der Waals surface area contributed by atoms with E-state index < -0.39 is 42.2 Å². The Morgan fingerprint density at radius 2 is 2.03 bits per heavy atom. The number of nitrogens with two attached hydrogens (primary N) is 2. The summed E-state index contributed by atoms with van der Waals surface area (Å²) in [5, 5.41) is 0. The van der Waals surface area contributed by atoms with Crippen LogP contribution in [0.3, 0.4) is 0 Å². The Bertz CT molecular complexity index is 1670. The number of fused-ring (bicyclic) bond motifs is 1. The lowest BCUT2D eigenvalue weighted by molar-refractivity contribution is -0.135. The Morgan fingerprint density at radius 3 is 2.79 bits per heavy atom. The summed E-state index contributed by atoms with van der Waals surface area (Å²) in [4.78, 5) is 30.5. The third kappa shape index (κ3) is 4.82. The number of halogens is 4. The minimum atomic E-state index is -3.24. The largest absolute Gasteiger partial charge is 0.494 e. The molecular formula is C25H24F4N8O2. The number of benzene rings is 1. The fourth-order valence-corrected chi connectivity index (χ4v) is 4.76. The maximum absolute atomic E-state index is 15.1. The number of piperidine rings is 1. The van der Waals surface area contributed by atoms with Gasteiger partial charge in [0.1, 0.15) is 17.7 Å². The first-order chi connectivity index (χ1) is 19.8. The molecule has 1 aromatic carbocycles. The van der Waals surface area contributed by atoms with Crippen LogP contribution in [0.4, 0.5) is 29.1 Å². The quantitative estimate of drug-likeness (QED) is 0.335. The molecule has 1 aliphatic rings. The van der Waals surface area contributed by atoms with Crippen molar-refractivity contribution in [3.8, 4) is 17.0 Å². The molecule has 3 aromatic heterocycles. The van der Waals surface area contributed by atoms with E-state index in [0.717, 1.165) is 6.07 Å². The van der Waals surface area contributed by atoms with Crippen LogP contribution < -0.4 is 21.1 Å². The van der Waals surface area contributed by atoms with Gasteiger partial charge in [-0.15, -0.1) is 0 Å². The zero-order valence-electron chi connectivity index (χ0n) is 23.2. The number of ketones is 1. The van der Waals surface area contributed by atoms with Crippen LogP contribution >= 0.6 is 0 Å². The summed E-state index contributed by atoms with van der Waals surface area (Å²) < 4.78 is 84.1. The van der Waals surface area contributed by atoms with E-state index in [2.05, 4.69) is 24.7 Å². The van der Waals surface area contributed by atoms with Gasteiger partial charge in [-0.25, -0.2) is 32.5 Å². The molecular weight excluding hydrogens is 520 g/mol. The van der Waals surface area contributed by atoms with Gasteiger partial charge in [-0.2, -0.15) is 0 Å². The third-order valence-electron chi connectivity index (χ3n) is 6.70. The van der Waals surface area contributed by atoms with E-state index in [1.165, 1.54) is 24.9 Å². The number of imidazole rings is 1. The number of Topliss-reactive ketones (excluding diaryl/α,β-unsaturated/α-hetero) is 1. The summed E-state index contributed by atoms with van der Waals surface area (Å²) in [5.74, 6) is -4.16. The highest BCUT2D eigenvalue weighted by atomic mass is 19.3. The number of nitrogen functional groups attached to an aromatic ring is 1. The van der Waals surface area contributed by atoms with Crippen LogP contribution in [0.25, 0.3) is 22.4 Å². The first kappa shape index (κ1) is 22.6. The lowest BCUT2D eigenvalue weighted by Gasteiger charge is -2.40. The molecule has 0 radical (unpaired) electrons. The van der Waals surface area contributed by atoms with Gasteiger partial charge in [0, 0.05) is 24.7 Å². The Morgan fingerprint density at radius 1 is 1.21 bits per heavy atom. The molecule has 4 N–H and O–H groups in total. The smallest absolute Gasteiger partial charge is 0.297 e. The number of anilines is 2. The van der Waals surface area contributed by atoms with Crippen LogP contribution in [0.15, 0.2) is 37.1 Å². The fourth-order valence-electron chi connectivity index (χ4n) is 4.76. The summed E-state index contributed by atoms with van der Waals surface area (Å²) in [7, 11) is -3.00. The molecule has 204 valence electrons. The number of hydrogen-bond donors (Lipinski definition) is 2. The Labute approximate surface area is 223 Å². The van der Waals surface area contributed by atoms with Crippen molar-refractivity contribution in [2.75, 3.05) is 30.8 Å². The molecule has 5 rings (SSSR count). The van der Waals surface area contributed by atoms with Gasteiger partial charge in [0.05, 0.1) is 47.1 Å². The highest BCUT2D eigenvalue weighted by Crippen LogP contribution is 2.34. The summed E-state index contributed by atoms with van der Waals surface area (Å²) in [6, 6.07) is 2.82. The number of pyridine rings is 1. The second kappa shape index (κ2) is 10.1. The Hall–Kier alpha value is -4.33. The highest BCUT2D eigenvalue weighted by Gasteiger charge is 2.43. The minimum Gasteiger partial charge on any atom is -0.494 e. The van der Waals surface area contributed by atoms with E-state index in [-0.39, 0.29) is 36.6 Å². The zero-order chi connectivity index (χ0) is 30.4. The lowest BCUT2D eigenvalue weighted by atomic mass is 9.85. The summed E-state index contributed by atoms with van der Waals surface area (Å²) in [5.41, 5.74) is 11.5. The summed E-state index contributed by atoms with van der Waals surface area (Å²) >= 11 is 0. The fraction of sp³-hybridized carbons (Fsp3) is 0.320. The van der Waals surface area contributed by atoms with Crippen molar-refractivity contribution in [1.82, 2.24) is 24.5 Å². The predicted molar refractivity (Wildman–Crippen MR) is 134 cm³/mol. The van der Waals surface area contributed by atoms with Gasteiger partial charge in [-0.1, -0.05) is 0 Å². The van der Waals surface area contributed by atoms with Crippen LogP contribution in [0.2, 0.25) is 0 Å². The van der Waals surface area contributed by atoms with Crippen LogP contribution in [0.5, 0.6) is 5.75 Å². The number of carbonyl (C=O) groups excluding carboxylic acids is 1. The maximum Gasteiger partial charge on any atom is 0.297 e. The van der Waals surface area contributed by atoms with Crippen LogP contribution in [0, 0.1) is 11.6 Å². The van der Waals surface area contributed by atoms with Crippen LogP contribution in [-0.4, -0.2) is 62.4 Å². The normalized spacial score (nSPS) is 19.1. The number of ether oxygens (including phenoxy) is 1. The van der Waals surface area contributed by atoms with Crippen molar-refractivity contribution >= 4 is 28.5 Å². The second-order valence-corrected chi connectivity index (χ2v) is 9.21. The second-order valence-electron chi connectivity index (χ2n) is 9.21. The molecule has 1 atom stereocenters. The topological polar surface area (TPSA) is 138 Å². The monoisotopic (exact) mass is 547 g/mol. The number of methoxy groups -OCH3 is 1. The highest BCUT2D eigenvalue weighted by molar-refractivity contribution is 5.92. The van der Waals surface area contributed by atoms with Crippen molar-refractivity contribution < 1.29 is 31.2 Å². The number of alkyl halides is 2. The van der Waals surface area contributed by atoms with Gasteiger partial charge in [-0.3, -0.25) is 9.78 Å². The van der Waals surface area contributed by atoms with Crippen molar-refractivity contribution in [3.63, 3.8) is 0 Å². The average molecular weight is 548 g/mol. The van der Waals surface area contributed by atoms with E-state index in [4.69, 9.17) is 15.6 Å². The number of nitrogens with zero attached hydrogens (tertiary/aromatic N) is 6. The van der Waals surface area contributed by atoms with Gasteiger partial charge in [0.15, 0.2) is 23.0 Å². The van der Waals surface area contributed by atoms with Gasteiger partial charge < -0.3 is 25.7 Å². The van der Waals surface area contributed by atoms with E-state index in [1.54, 1.807) is 9.47 Å². The van der Waals surface area contributed by atoms with E-state index in [1.807, 2.05) is 0 Å². The van der Waals surface area contributed by atoms with Gasteiger partial charge >= 0.3 is 0 Å². The third-order valence-corrected chi connectivity index (χ3v) is 6.70. The van der Waals surface area contributed by atoms with Crippen molar-refractivity contribution in [2.24, 2.45) is 5.73 Å². The van der Waals surface area contributed by atoms with Gasteiger partial charge in [0.25, 0.3) is 6.43 Å². The van der Waals surface area contributed by atoms with Crippen LogP contribution in [0.1, 0.15) is 22.5 Å². The molecule has 1 saturated heterocycles. The van der Waals surface area contributed by atoms with Crippen LogP contribution in [-0.2, 0) is 11.3 Å². The maximum atomic E-state index is 15.1. The zero-order valence-corrected chi connectivity index (χ0v) is 20.2. The van der Waals surface area contributed by atoms with E-state index in [9.17, 15) is 18.0 Å². The number of carbonyl (C=O) groups is 1. The van der Waals surface area contributed by atoms with Gasteiger partial charge in [0.2, 0.25) is 5.78 Å². The molecule has 0 aliphatic carbocycles. The van der Waals surface area contributed by atoms with E-state index >= 15 is 4.39 Å². The average Bonchev–Trinajstić information content (AvgIpc) is 3.33. The first-order valence-corrected chi connectivity index (χ1v) is 11.7. The molecule has 0 bridgehead atoms. The standard InChI is InChI=1S/C25H24F4N8O2/c1-39-19-7-15(26)14(6-16(19)27)17-5-13(9-37-12-35-20-23(30)33-11-34-24(20)37)18(8-32-17)36-4-2-3-25(31,10-36)21(38)22(28)29/h5-8,11-12,22H,2-4,9-10,31H2,1H3,(H2,30,33,34)/t25-/m0/s1/i1D3. The summed E-state index contributed by atoms with van der Waals surface area (Å²) in [6.07, 6.45) is 1.19. The van der Waals surface area contributed by atoms with Crippen molar-refractivity contribution in [1.29, 1.82) is 0 Å². The number of rotatable bonds is 7. The molecule has 14 heteroatoms. The molecule has 0 spiro atoms. The molecule has 1 fully saturated rings. The molecule has 0 amide bonds. The number of aromatic nitrogens is 5. The lowest BCUT2D eigenvalue weighted by Crippen LogP contribution is -2.61. The van der Waals surface area contributed by atoms with Gasteiger partial charge in [-0.05, 0) is 30.5 Å². The first-order valence-electron chi connectivity index (χ1n) is 13.2. The molecule has 0 unspecified atom stereocenters. The molecule has 10 nitrogen and oxygen atoms in total. The Balaban J connectivity index is 1.59. The SMILES string of the molecule is [2H]C([2H])([2H])Oc1cc(F)c(-c2cc(Cn3cnc4c(N)ncnc43)c(N3CCC[C@@](N)(C(=O)C(F)F)C3)cn2)cc1F. The molecule has 4 aromatic rings. The summed E-state index contributed by atoms with van der Waals surface area (Å²) in [6.45, 7) is 0.167. The molecule has 1 aliphatic heterocycles. The predicted octanol–water partition coefficient (Wildman–Crippen LogP) is 2.94. The molecule has 39 heavy (non-hydrogen) atoms. The van der Waals surface area contributed by atoms with E-state index in [0.29, 0.717) is 41.4 Å². The molecule has 4 heterocycles. The van der Waals surface area contributed by atoms with Crippen molar-refractivity contribution in [2.45, 2.75) is 31.4 Å². The Kier molecular flexibility index (Phi) is 5.86. The number of hydrogen-bond acceptors (Lipinski definition) is 9. The minimum absolute atomic E-state index is 0.0242. The molecule has 0 saturated carbocycles. The van der Waals surface area contributed by atoms with Crippen molar-refractivity contribution in [3.05, 3.63) is 54.2 Å².